The van der Waals surface area contributed by atoms with Crippen molar-refractivity contribution in [2.24, 2.45) is 0 Å². The van der Waals surface area contributed by atoms with Gasteiger partial charge >= 0.3 is 0 Å². The normalized spacial score (nSPS) is 12.8. The molecule has 1 aliphatic heterocycles. The monoisotopic (exact) mass is 376 g/mol. The maximum Gasteiger partial charge on any atom is 0.228 e. The molecule has 0 aromatic heterocycles. The molecule has 0 saturated carbocycles. The SMILES string of the molecule is CC(=O)N(CCC(=O)N1CCc2ccccc21)c1cc(Cl)cc(Cl)c1. The first-order valence-electron chi connectivity index (χ1n) is 8.08. The van der Waals surface area contributed by atoms with Gasteiger partial charge in [-0.3, -0.25) is 9.59 Å². The van der Waals surface area contributed by atoms with E-state index in [4.69, 9.17) is 23.2 Å². The third kappa shape index (κ3) is 3.97. The molecule has 2 amide bonds. The Hall–Kier alpha value is -2.04. The fraction of sp³-hybridized carbons (Fsp3) is 0.263. The van der Waals surface area contributed by atoms with Gasteiger partial charge in [-0.25, -0.2) is 0 Å². The largest absolute Gasteiger partial charge is 0.312 e. The predicted octanol–water partition coefficient (Wildman–Crippen LogP) is 4.33. The van der Waals surface area contributed by atoms with Crippen molar-refractivity contribution < 1.29 is 9.59 Å². The van der Waals surface area contributed by atoms with Crippen LogP contribution >= 0.6 is 23.2 Å². The number of fused-ring (bicyclic) bond motifs is 1. The first kappa shape index (κ1) is 17.8. The van der Waals surface area contributed by atoms with Crippen LogP contribution in [0.4, 0.5) is 11.4 Å². The van der Waals surface area contributed by atoms with E-state index in [1.807, 2.05) is 24.3 Å². The highest BCUT2D eigenvalue weighted by atomic mass is 35.5. The molecular weight excluding hydrogens is 359 g/mol. The average molecular weight is 377 g/mol. The van der Waals surface area contributed by atoms with E-state index in [0.717, 1.165) is 12.1 Å². The summed E-state index contributed by atoms with van der Waals surface area (Å²) in [4.78, 5) is 28.0. The van der Waals surface area contributed by atoms with Crippen molar-refractivity contribution in [3.63, 3.8) is 0 Å². The number of carbonyl (C=O) groups is 2. The van der Waals surface area contributed by atoms with E-state index in [1.54, 1.807) is 23.1 Å². The molecule has 2 aromatic carbocycles. The Morgan fingerprint density at radius 1 is 1.12 bits per heavy atom. The third-order valence-corrected chi connectivity index (χ3v) is 4.71. The van der Waals surface area contributed by atoms with Crippen LogP contribution in [-0.2, 0) is 16.0 Å². The standard InChI is InChI=1S/C19H18Cl2N2O2/c1-13(24)22(17-11-15(20)10-16(21)12-17)9-7-19(25)23-8-6-14-4-2-3-5-18(14)23/h2-5,10-12H,6-9H2,1H3. The summed E-state index contributed by atoms with van der Waals surface area (Å²) in [6.07, 6.45) is 1.10. The number of carbonyl (C=O) groups excluding carboxylic acids is 2. The number of halogens is 2. The lowest BCUT2D eigenvalue weighted by molar-refractivity contribution is -0.118. The minimum Gasteiger partial charge on any atom is -0.312 e. The Labute approximate surface area is 156 Å². The topological polar surface area (TPSA) is 40.6 Å². The number of rotatable bonds is 4. The van der Waals surface area contributed by atoms with Gasteiger partial charge in [-0.05, 0) is 36.2 Å². The molecule has 4 nitrogen and oxygen atoms in total. The molecule has 1 heterocycles. The first-order valence-corrected chi connectivity index (χ1v) is 8.84. The second kappa shape index (κ2) is 7.46. The maximum atomic E-state index is 12.6. The molecule has 0 fully saturated rings. The highest BCUT2D eigenvalue weighted by Gasteiger charge is 2.25. The van der Waals surface area contributed by atoms with Crippen LogP contribution in [-0.4, -0.2) is 24.9 Å². The molecule has 0 atom stereocenters. The molecule has 3 rings (SSSR count). The Balaban J connectivity index is 1.72. The molecule has 0 saturated heterocycles. The van der Waals surface area contributed by atoms with E-state index in [-0.39, 0.29) is 24.8 Å². The number of hydrogen-bond donors (Lipinski definition) is 0. The lowest BCUT2D eigenvalue weighted by Crippen LogP contribution is -2.35. The van der Waals surface area contributed by atoms with Crippen LogP contribution in [0, 0.1) is 0 Å². The smallest absolute Gasteiger partial charge is 0.228 e. The van der Waals surface area contributed by atoms with Gasteiger partial charge in [0.25, 0.3) is 0 Å². The van der Waals surface area contributed by atoms with Crippen LogP contribution in [0.2, 0.25) is 10.0 Å². The van der Waals surface area contributed by atoms with Crippen molar-refractivity contribution in [2.75, 3.05) is 22.9 Å². The summed E-state index contributed by atoms with van der Waals surface area (Å²) >= 11 is 12.0. The fourth-order valence-electron chi connectivity index (χ4n) is 3.10. The van der Waals surface area contributed by atoms with Gasteiger partial charge < -0.3 is 9.80 Å². The van der Waals surface area contributed by atoms with E-state index in [2.05, 4.69) is 0 Å². The zero-order valence-corrected chi connectivity index (χ0v) is 15.3. The van der Waals surface area contributed by atoms with Crippen LogP contribution in [0.3, 0.4) is 0 Å². The zero-order chi connectivity index (χ0) is 18.0. The molecule has 0 aliphatic carbocycles. The minimum absolute atomic E-state index is 0.00400. The lowest BCUT2D eigenvalue weighted by atomic mass is 10.2. The van der Waals surface area contributed by atoms with E-state index >= 15 is 0 Å². The zero-order valence-electron chi connectivity index (χ0n) is 13.8. The van der Waals surface area contributed by atoms with Gasteiger partial charge in [0, 0.05) is 47.9 Å². The Kier molecular flexibility index (Phi) is 5.30. The predicted molar refractivity (Wildman–Crippen MR) is 102 cm³/mol. The van der Waals surface area contributed by atoms with Crippen molar-refractivity contribution in [1.29, 1.82) is 0 Å². The van der Waals surface area contributed by atoms with Crippen molar-refractivity contribution in [2.45, 2.75) is 19.8 Å². The minimum atomic E-state index is -0.159. The van der Waals surface area contributed by atoms with Crippen LogP contribution in [0.25, 0.3) is 0 Å². The van der Waals surface area contributed by atoms with Crippen LogP contribution in [0.15, 0.2) is 42.5 Å². The molecule has 0 spiro atoms. The quantitative estimate of drug-likeness (QED) is 0.796. The summed E-state index contributed by atoms with van der Waals surface area (Å²) in [7, 11) is 0. The number of para-hydroxylation sites is 1. The van der Waals surface area contributed by atoms with E-state index in [1.165, 1.54) is 17.4 Å². The first-order chi connectivity index (χ1) is 12.0. The van der Waals surface area contributed by atoms with Crippen molar-refractivity contribution >= 4 is 46.4 Å². The van der Waals surface area contributed by atoms with E-state index in [9.17, 15) is 9.59 Å². The third-order valence-electron chi connectivity index (χ3n) is 4.28. The number of nitrogens with zero attached hydrogens (tertiary/aromatic N) is 2. The van der Waals surface area contributed by atoms with Gasteiger partial charge in [-0.2, -0.15) is 0 Å². The summed E-state index contributed by atoms with van der Waals surface area (Å²) in [6, 6.07) is 12.9. The molecule has 0 N–H and O–H groups in total. The highest BCUT2D eigenvalue weighted by Crippen LogP contribution is 2.29. The second-order valence-corrected chi connectivity index (χ2v) is 6.85. The summed E-state index contributed by atoms with van der Waals surface area (Å²) in [5, 5.41) is 0.905. The Bertz CT molecular complexity index is 803. The van der Waals surface area contributed by atoms with Crippen molar-refractivity contribution in [3.8, 4) is 0 Å². The Morgan fingerprint density at radius 3 is 2.48 bits per heavy atom. The van der Waals surface area contributed by atoms with Gasteiger partial charge in [-0.15, -0.1) is 0 Å². The van der Waals surface area contributed by atoms with Gasteiger partial charge in [0.05, 0.1) is 0 Å². The summed E-state index contributed by atoms with van der Waals surface area (Å²) < 4.78 is 0. The van der Waals surface area contributed by atoms with E-state index in [0.29, 0.717) is 22.3 Å². The summed E-state index contributed by atoms with van der Waals surface area (Å²) in [5.74, 6) is -0.155. The maximum absolute atomic E-state index is 12.6. The van der Waals surface area contributed by atoms with Gasteiger partial charge in [0.2, 0.25) is 11.8 Å². The number of benzene rings is 2. The molecule has 0 radical (unpaired) electrons. The van der Waals surface area contributed by atoms with Crippen LogP contribution in [0.5, 0.6) is 0 Å². The van der Waals surface area contributed by atoms with Gasteiger partial charge in [0.15, 0.2) is 0 Å². The molecular formula is C19H18Cl2N2O2. The molecule has 0 bridgehead atoms. The van der Waals surface area contributed by atoms with Crippen LogP contribution < -0.4 is 9.80 Å². The van der Waals surface area contributed by atoms with Gasteiger partial charge in [0.1, 0.15) is 0 Å². The second-order valence-electron chi connectivity index (χ2n) is 5.97. The fourth-order valence-corrected chi connectivity index (χ4v) is 3.62. The molecule has 1 aliphatic rings. The van der Waals surface area contributed by atoms with E-state index < -0.39 is 0 Å². The molecule has 0 unspecified atom stereocenters. The molecule has 6 heteroatoms. The summed E-state index contributed by atoms with van der Waals surface area (Å²) in [5.41, 5.74) is 2.74. The summed E-state index contributed by atoms with van der Waals surface area (Å²) in [6.45, 7) is 2.43. The molecule has 25 heavy (non-hydrogen) atoms. The van der Waals surface area contributed by atoms with Crippen LogP contribution in [0.1, 0.15) is 18.9 Å². The van der Waals surface area contributed by atoms with Crippen molar-refractivity contribution in [3.05, 3.63) is 58.1 Å². The molecule has 130 valence electrons. The lowest BCUT2D eigenvalue weighted by Gasteiger charge is -2.23. The average Bonchev–Trinajstić information content (AvgIpc) is 2.97. The Morgan fingerprint density at radius 2 is 1.80 bits per heavy atom. The highest BCUT2D eigenvalue weighted by molar-refractivity contribution is 6.35. The van der Waals surface area contributed by atoms with Crippen molar-refractivity contribution in [1.82, 2.24) is 0 Å². The number of amides is 2. The van der Waals surface area contributed by atoms with Gasteiger partial charge in [-0.1, -0.05) is 41.4 Å². The number of hydrogen-bond acceptors (Lipinski definition) is 2. The molecule has 2 aromatic rings. The number of anilines is 2.